The highest BCUT2D eigenvalue weighted by molar-refractivity contribution is 7.89. The van der Waals surface area contributed by atoms with Gasteiger partial charge in [-0.05, 0) is 12.3 Å². The van der Waals surface area contributed by atoms with Crippen molar-refractivity contribution in [2.24, 2.45) is 5.41 Å². The van der Waals surface area contributed by atoms with Crippen molar-refractivity contribution < 1.29 is 8.42 Å². The van der Waals surface area contributed by atoms with Gasteiger partial charge in [0, 0.05) is 13.1 Å². The fraction of sp³-hybridized carbons (Fsp3) is 0.636. The van der Waals surface area contributed by atoms with Crippen LogP contribution >= 0.6 is 0 Å². The van der Waals surface area contributed by atoms with Crippen molar-refractivity contribution >= 4 is 16.0 Å². The Morgan fingerprint density at radius 1 is 1.22 bits per heavy atom. The largest absolute Gasteiger partial charge is 0.357 e. The van der Waals surface area contributed by atoms with Crippen LogP contribution in [0.3, 0.4) is 0 Å². The smallest absolute Gasteiger partial charge is 0.243 e. The first kappa shape index (κ1) is 14.8. The minimum absolute atomic E-state index is 0.0672. The van der Waals surface area contributed by atoms with Crippen LogP contribution < -0.4 is 10.0 Å². The Labute approximate surface area is 108 Å². The van der Waals surface area contributed by atoms with Crippen molar-refractivity contribution in [1.82, 2.24) is 14.7 Å². The Kier molecular flexibility index (Phi) is 4.28. The molecule has 0 saturated heterocycles. The summed E-state index contributed by atoms with van der Waals surface area (Å²) in [5.74, 6) is 0.387. The maximum Gasteiger partial charge on any atom is 0.243 e. The summed E-state index contributed by atoms with van der Waals surface area (Å²) in [5, 5.41) is 2.73. The fourth-order valence-corrected chi connectivity index (χ4v) is 2.40. The number of aromatic nitrogens is 2. The van der Waals surface area contributed by atoms with E-state index < -0.39 is 10.0 Å². The van der Waals surface area contributed by atoms with Crippen LogP contribution in [0.1, 0.15) is 27.7 Å². The highest BCUT2D eigenvalue weighted by Gasteiger charge is 2.26. The summed E-state index contributed by atoms with van der Waals surface area (Å²) in [5.41, 5.74) is -0.154. The first-order valence-electron chi connectivity index (χ1n) is 5.69. The maximum atomic E-state index is 12.1. The number of anilines is 1. The molecule has 0 bridgehead atoms. The lowest BCUT2D eigenvalue weighted by Crippen LogP contribution is -2.41. The average Bonchev–Trinajstić information content (AvgIpc) is 2.27. The van der Waals surface area contributed by atoms with Gasteiger partial charge in [-0.1, -0.05) is 20.8 Å². The molecule has 1 aromatic rings. The molecule has 1 aromatic heterocycles. The van der Waals surface area contributed by atoms with Crippen LogP contribution in [0.2, 0.25) is 0 Å². The van der Waals surface area contributed by atoms with Gasteiger partial charge in [-0.2, -0.15) is 0 Å². The molecule has 0 amide bonds. The van der Waals surface area contributed by atoms with Crippen molar-refractivity contribution in [1.29, 1.82) is 0 Å². The van der Waals surface area contributed by atoms with E-state index in [1.165, 1.54) is 12.4 Å². The van der Waals surface area contributed by atoms with Gasteiger partial charge in [-0.3, -0.25) is 0 Å². The Bertz CT molecular complexity index is 491. The van der Waals surface area contributed by atoms with Gasteiger partial charge in [0.25, 0.3) is 0 Å². The first-order chi connectivity index (χ1) is 8.16. The molecule has 1 atom stereocenters. The van der Waals surface area contributed by atoms with Gasteiger partial charge >= 0.3 is 0 Å². The number of rotatable bonds is 4. The molecule has 0 aliphatic rings. The molecule has 0 saturated carbocycles. The second-order valence-electron chi connectivity index (χ2n) is 5.20. The lowest BCUT2D eigenvalue weighted by atomic mass is 9.89. The summed E-state index contributed by atoms with van der Waals surface area (Å²) in [6, 6.07) is -0.188. The molecule has 0 aliphatic heterocycles. The van der Waals surface area contributed by atoms with E-state index in [2.05, 4.69) is 20.0 Å². The summed E-state index contributed by atoms with van der Waals surface area (Å²) in [4.78, 5) is 7.85. The quantitative estimate of drug-likeness (QED) is 0.861. The zero-order valence-electron chi connectivity index (χ0n) is 11.4. The minimum atomic E-state index is -3.57. The van der Waals surface area contributed by atoms with E-state index in [-0.39, 0.29) is 16.4 Å². The molecule has 0 aliphatic carbocycles. The molecule has 7 heteroatoms. The second kappa shape index (κ2) is 5.19. The molecule has 2 N–H and O–H groups in total. The summed E-state index contributed by atoms with van der Waals surface area (Å²) >= 11 is 0. The molecule has 102 valence electrons. The standard InChI is InChI=1S/C11H20N4O2S/c1-8(11(2,3)4)15-18(16,17)9-6-13-10(12-5)14-7-9/h6-8,15H,1-5H3,(H,12,13,14). The number of nitrogens with zero attached hydrogens (tertiary/aromatic N) is 2. The first-order valence-corrected chi connectivity index (χ1v) is 7.17. The van der Waals surface area contributed by atoms with Crippen molar-refractivity contribution in [2.75, 3.05) is 12.4 Å². The molecule has 0 spiro atoms. The number of hydrogen-bond acceptors (Lipinski definition) is 5. The Hall–Kier alpha value is -1.21. The molecule has 1 unspecified atom stereocenters. The molecule has 0 aromatic carbocycles. The third kappa shape index (κ3) is 3.64. The molecule has 0 radical (unpaired) electrons. The molecule has 1 heterocycles. The molecule has 1 rings (SSSR count). The summed E-state index contributed by atoms with van der Waals surface area (Å²) in [6.07, 6.45) is 2.58. The van der Waals surface area contributed by atoms with Gasteiger partial charge in [-0.25, -0.2) is 23.1 Å². The van der Waals surface area contributed by atoms with Gasteiger partial charge in [0.2, 0.25) is 16.0 Å². The minimum Gasteiger partial charge on any atom is -0.357 e. The summed E-state index contributed by atoms with van der Waals surface area (Å²) in [7, 11) is -1.90. The second-order valence-corrected chi connectivity index (χ2v) is 6.92. The predicted molar refractivity (Wildman–Crippen MR) is 70.8 cm³/mol. The van der Waals surface area contributed by atoms with E-state index in [1.807, 2.05) is 27.7 Å². The topological polar surface area (TPSA) is 84.0 Å². The molecular formula is C11H20N4O2S. The SMILES string of the molecule is CNc1ncc(S(=O)(=O)NC(C)C(C)(C)C)cn1. The third-order valence-electron chi connectivity index (χ3n) is 2.79. The van der Waals surface area contributed by atoms with Crippen molar-refractivity contribution in [2.45, 2.75) is 38.6 Å². The normalized spacial score (nSPS) is 14.3. The molecule has 0 fully saturated rings. The highest BCUT2D eigenvalue weighted by Crippen LogP contribution is 2.20. The zero-order chi connectivity index (χ0) is 14.0. The maximum absolute atomic E-state index is 12.1. The monoisotopic (exact) mass is 272 g/mol. The molecular weight excluding hydrogens is 252 g/mol. The van der Waals surface area contributed by atoms with Gasteiger partial charge in [0.15, 0.2) is 0 Å². The van der Waals surface area contributed by atoms with E-state index in [4.69, 9.17) is 0 Å². The summed E-state index contributed by atoms with van der Waals surface area (Å²) in [6.45, 7) is 7.75. The van der Waals surface area contributed by atoms with Crippen LogP contribution in [-0.2, 0) is 10.0 Å². The number of sulfonamides is 1. The average molecular weight is 272 g/mol. The predicted octanol–water partition coefficient (Wildman–Crippen LogP) is 1.23. The van der Waals surface area contributed by atoms with Crippen LogP contribution in [-0.4, -0.2) is 31.5 Å². The van der Waals surface area contributed by atoms with E-state index in [0.29, 0.717) is 5.95 Å². The lowest BCUT2D eigenvalue weighted by Gasteiger charge is -2.27. The van der Waals surface area contributed by atoms with E-state index >= 15 is 0 Å². The van der Waals surface area contributed by atoms with E-state index in [1.54, 1.807) is 7.05 Å². The number of nitrogens with one attached hydrogen (secondary N) is 2. The van der Waals surface area contributed by atoms with E-state index in [0.717, 1.165) is 0 Å². The van der Waals surface area contributed by atoms with Gasteiger partial charge in [0.05, 0.1) is 12.4 Å². The molecule has 18 heavy (non-hydrogen) atoms. The summed E-state index contributed by atoms with van der Waals surface area (Å²) < 4.78 is 26.8. The zero-order valence-corrected chi connectivity index (χ0v) is 12.2. The van der Waals surface area contributed by atoms with Gasteiger partial charge in [-0.15, -0.1) is 0 Å². The van der Waals surface area contributed by atoms with Crippen LogP contribution in [0.25, 0.3) is 0 Å². The highest BCUT2D eigenvalue weighted by atomic mass is 32.2. The Morgan fingerprint density at radius 3 is 2.11 bits per heavy atom. The Balaban J connectivity index is 2.93. The van der Waals surface area contributed by atoms with Crippen LogP contribution in [0.5, 0.6) is 0 Å². The van der Waals surface area contributed by atoms with Gasteiger partial charge in [0.1, 0.15) is 4.90 Å². The van der Waals surface area contributed by atoms with Crippen molar-refractivity contribution in [3.05, 3.63) is 12.4 Å². The fourth-order valence-electron chi connectivity index (χ4n) is 1.06. The Morgan fingerprint density at radius 2 is 1.72 bits per heavy atom. The van der Waals surface area contributed by atoms with Crippen LogP contribution in [0.4, 0.5) is 5.95 Å². The van der Waals surface area contributed by atoms with Gasteiger partial charge < -0.3 is 5.32 Å². The number of hydrogen-bond donors (Lipinski definition) is 2. The van der Waals surface area contributed by atoms with Crippen LogP contribution in [0.15, 0.2) is 17.3 Å². The van der Waals surface area contributed by atoms with Crippen molar-refractivity contribution in [3.8, 4) is 0 Å². The lowest BCUT2D eigenvalue weighted by molar-refractivity contribution is 0.317. The molecule has 6 nitrogen and oxygen atoms in total. The van der Waals surface area contributed by atoms with Crippen LogP contribution in [0, 0.1) is 5.41 Å². The van der Waals surface area contributed by atoms with Crippen molar-refractivity contribution in [3.63, 3.8) is 0 Å². The van der Waals surface area contributed by atoms with E-state index in [9.17, 15) is 8.42 Å². The third-order valence-corrected chi connectivity index (χ3v) is 4.29.